The minimum absolute atomic E-state index is 0.209. The van der Waals surface area contributed by atoms with Crippen molar-refractivity contribution in [1.82, 2.24) is 20.1 Å². The Morgan fingerprint density at radius 2 is 1.94 bits per heavy atom. The number of piperazine rings is 1. The summed E-state index contributed by atoms with van der Waals surface area (Å²) in [5.74, 6) is 1.45. The van der Waals surface area contributed by atoms with Crippen LogP contribution in [0, 0.1) is 0 Å². The van der Waals surface area contributed by atoms with Crippen molar-refractivity contribution in [1.29, 1.82) is 0 Å². The number of hydrogen-bond donors (Lipinski definition) is 3. The zero-order valence-electron chi connectivity index (χ0n) is 17.5. The van der Waals surface area contributed by atoms with Gasteiger partial charge in [0.2, 0.25) is 12.2 Å². The maximum Gasteiger partial charge on any atom is 0.255 e. The van der Waals surface area contributed by atoms with Gasteiger partial charge in [-0.15, -0.1) is 0 Å². The molecule has 2 aliphatic heterocycles. The quantitative estimate of drug-likeness (QED) is 0.685. The van der Waals surface area contributed by atoms with Crippen LogP contribution < -0.4 is 16.0 Å². The van der Waals surface area contributed by atoms with Crippen molar-refractivity contribution in [2.45, 2.75) is 6.29 Å². The maximum absolute atomic E-state index is 12.6. The molecule has 1 aromatic heterocycles. The Morgan fingerprint density at radius 3 is 2.68 bits per heavy atom. The number of benzene rings is 1. The first-order valence-electron chi connectivity index (χ1n) is 10.2. The summed E-state index contributed by atoms with van der Waals surface area (Å²) in [6.07, 6.45) is 2.93. The summed E-state index contributed by atoms with van der Waals surface area (Å²) < 4.78 is 0. The van der Waals surface area contributed by atoms with E-state index in [9.17, 15) is 4.79 Å². The van der Waals surface area contributed by atoms with Crippen LogP contribution in [0.4, 0.5) is 11.5 Å². The van der Waals surface area contributed by atoms with Crippen molar-refractivity contribution in [3.8, 4) is 0 Å². The van der Waals surface area contributed by atoms with E-state index in [4.69, 9.17) is 4.99 Å². The van der Waals surface area contributed by atoms with Gasteiger partial charge in [0, 0.05) is 43.6 Å². The van der Waals surface area contributed by atoms with Gasteiger partial charge in [-0.2, -0.15) is 0 Å². The molecule has 1 fully saturated rings. The number of para-hydroxylation sites is 1. The molecule has 0 saturated carbocycles. The molecule has 1 unspecified atom stereocenters. The van der Waals surface area contributed by atoms with E-state index in [0.717, 1.165) is 31.9 Å². The van der Waals surface area contributed by atoms with Crippen LogP contribution in [0.1, 0.15) is 10.4 Å². The highest BCUT2D eigenvalue weighted by Crippen LogP contribution is 2.14. The highest BCUT2D eigenvalue weighted by atomic mass is 16.1. The molecule has 31 heavy (non-hydrogen) atoms. The summed E-state index contributed by atoms with van der Waals surface area (Å²) in [6.45, 7) is 7.55. The number of rotatable bonds is 5. The van der Waals surface area contributed by atoms with Crippen molar-refractivity contribution in [3.63, 3.8) is 0 Å². The van der Waals surface area contributed by atoms with Gasteiger partial charge >= 0.3 is 0 Å². The lowest BCUT2D eigenvalue weighted by Crippen LogP contribution is -2.51. The third kappa shape index (κ3) is 5.33. The lowest BCUT2D eigenvalue weighted by molar-refractivity contribution is 0.102. The van der Waals surface area contributed by atoms with Crippen molar-refractivity contribution < 1.29 is 4.79 Å². The normalized spacial score (nSPS) is 19.6. The number of aliphatic imine (C=N–C) groups is 2. The van der Waals surface area contributed by atoms with E-state index < -0.39 is 0 Å². The molecule has 1 atom stereocenters. The zero-order valence-corrected chi connectivity index (χ0v) is 17.5. The largest absolute Gasteiger partial charge is 0.322 e. The van der Waals surface area contributed by atoms with Crippen LogP contribution in [0.5, 0.6) is 0 Å². The Balaban J connectivity index is 1.47. The van der Waals surface area contributed by atoms with Gasteiger partial charge in [-0.05, 0) is 37.4 Å². The van der Waals surface area contributed by atoms with Crippen molar-refractivity contribution in [2.24, 2.45) is 9.98 Å². The molecule has 1 aromatic carbocycles. The first-order valence-corrected chi connectivity index (χ1v) is 10.2. The molecular weight excluding hydrogens is 392 g/mol. The predicted octanol–water partition coefficient (Wildman–Crippen LogP) is 1.82. The summed E-state index contributed by atoms with van der Waals surface area (Å²) in [5.41, 5.74) is 1.23. The van der Waals surface area contributed by atoms with E-state index in [2.05, 4.69) is 49.4 Å². The Kier molecular flexibility index (Phi) is 6.34. The second kappa shape index (κ2) is 9.50. The SMILES string of the molecule is C=CC1=NC(N2CCN(C)CC2)N=C(Nc2cc(C(=O)Nc3ccccc3)ccn2)N1. The Hall–Kier alpha value is -3.56. The van der Waals surface area contributed by atoms with Gasteiger partial charge in [0.05, 0.1) is 0 Å². The second-order valence-corrected chi connectivity index (χ2v) is 7.38. The summed E-state index contributed by atoms with van der Waals surface area (Å²) in [6, 6.07) is 12.7. The number of hydrogen-bond acceptors (Lipinski definition) is 8. The molecule has 3 heterocycles. The van der Waals surface area contributed by atoms with Gasteiger partial charge in [0.25, 0.3) is 5.91 Å². The van der Waals surface area contributed by atoms with Gasteiger partial charge in [-0.25, -0.2) is 15.0 Å². The number of amidine groups is 1. The fourth-order valence-electron chi connectivity index (χ4n) is 3.32. The summed E-state index contributed by atoms with van der Waals surface area (Å²) in [5, 5.41) is 9.15. The van der Waals surface area contributed by atoms with E-state index in [1.807, 2.05) is 30.3 Å². The molecule has 4 rings (SSSR count). The standard InChI is InChI=1S/C22H26N8O/c1-3-18-25-21(28-22(27-18)30-13-11-29(2)12-14-30)26-19-15-16(9-10-23-19)20(31)24-17-7-5-4-6-8-17/h3-10,15,22H,1,11-14H2,2H3,(H,24,31)(H2,23,25,26,27,28). The monoisotopic (exact) mass is 418 g/mol. The van der Waals surface area contributed by atoms with Crippen LogP contribution >= 0.6 is 0 Å². The van der Waals surface area contributed by atoms with E-state index in [-0.39, 0.29) is 12.2 Å². The van der Waals surface area contributed by atoms with Gasteiger partial charge in [-0.1, -0.05) is 24.8 Å². The van der Waals surface area contributed by atoms with Crippen LogP contribution in [0.25, 0.3) is 0 Å². The maximum atomic E-state index is 12.6. The molecule has 2 aromatic rings. The highest BCUT2D eigenvalue weighted by molar-refractivity contribution is 6.11. The Morgan fingerprint density at radius 1 is 1.16 bits per heavy atom. The van der Waals surface area contributed by atoms with Crippen molar-refractivity contribution in [2.75, 3.05) is 43.9 Å². The molecule has 0 spiro atoms. The lowest BCUT2D eigenvalue weighted by Gasteiger charge is -2.35. The first-order chi connectivity index (χ1) is 15.1. The molecule has 0 aliphatic carbocycles. The number of nitrogens with zero attached hydrogens (tertiary/aromatic N) is 5. The topological polar surface area (TPSA) is 97.2 Å². The third-order valence-electron chi connectivity index (χ3n) is 5.10. The lowest BCUT2D eigenvalue weighted by atomic mass is 10.2. The van der Waals surface area contributed by atoms with E-state index >= 15 is 0 Å². The number of guanidine groups is 1. The number of carbonyl (C=O) groups excluding carboxylic acids is 1. The summed E-state index contributed by atoms with van der Waals surface area (Å²) in [7, 11) is 2.11. The molecule has 0 radical (unpaired) electrons. The number of aromatic nitrogens is 1. The number of amides is 1. The summed E-state index contributed by atoms with van der Waals surface area (Å²) >= 11 is 0. The van der Waals surface area contributed by atoms with E-state index in [1.54, 1.807) is 24.4 Å². The molecule has 160 valence electrons. The first kappa shape index (κ1) is 20.7. The molecule has 3 N–H and O–H groups in total. The number of carbonyl (C=O) groups is 1. The highest BCUT2D eigenvalue weighted by Gasteiger charge is 2.25. The molecular formula is C22H26N8O. The zero-order chi connectivity index (χ0) is 21.6. The molecule has 9 nitrogen and oxygen atoms in total. The van der Waals surface area contributed by atoms with Gasteiger partial charge in [-0.3, -0.25) is 9.69 Å². The molecule has 2 aliphatic rings. The number of nitrogens with one attached hydrogen (secondary N) is 3. The van der Waals surface area contributed by atoms with Crippen LogP contribution in [-0.4, -0.2) is 72.0 Å². The van der Waals surface area contributed by atoms with Crippen molar-refractivity contribution in [3.05, 3.63) is 66.9 Å². The third-order valence-corrected chi connectivity index (χ3v) is 5.10. The van der Waals surface area contributed by atoms with E-state index in [0.29, 0.717) is 23.2 Å². The molecule has 1 amide bonds. The summed E-state index contributed by atoms with van der Waals surface area (Å²) in [4.78, 5) is 30.7. The fourth-order valence-corrected chi connectivity index (χ4v) is 3.32. The second-order valence-electron chi connectivity index (χ2n) is 7.38. The van der Waals surface area contributed by atoms with Gasteiger partial charge < -0.3 is 20.9 Å². The smallest absolute Gasteiger partial charge is 0.255 e. The number of pyridine rings is 1. The minimum Gasteiger partial charge on any atom is -0.322 e. The minimum atomic E-state index is -0.324. The van der Waals surface area contributed by atoms with Crippen LogP contribution in [0.2, 0.25) is 0 Å². The number of likely N-dealkylation sites (N-methyl/N-ethyl adjacent to an activating group) is 1. The molecule has 9 heteroatoms. The van der Waals surface area contributed by atoms with Crippen LogP contribution in [-0.2, 0) is 0 Å². The van der Waals surface area contributed by atoms with Gasteiger partial charge in [0.1, 0.15) is 11.7 Å². The number of anilines is 2. The fraction of sp³-hybridized carbons (Fsp3) is 0.273. The molecule has 1 saturated heterocycles. The van der Waals surface area contributed by atoms with Crippen molar-refractivity contribution >= 4 is 29.2 Å². The van der Waals surface area contributed by atoms with Crippen LogP contribution in [0.15, 0.2) is 71.3 Å². The average molecular weight is 419 g/mol. The molecule has 0 bridgehead atoms. The van der Waals surface area contributed by atoms with Crippen LogP contribution in [0.3, 0.4) is 0 Å². The Labute approximate surface area is 181 Å². The van der Waals surface area contributed by atoms with Gasteiger partial charge in [0.15, 0.2) is 0 Å². The predicted molar refractivity (Wildman–Crippen MR) is 123 cm³/mol. The van der Waals surface area contributed by atoms with E-state index in [1.165, 1.54) is 0 Å². The average Bonchev–Trinajstić information content (AvgIpc) is 2.80. The Bertz CT molecular complexity index is 996.